The number of hydrogen-bond donors (Lipinski definition) is 1. The number of carbonyl (C=O) groups is 2. The van der Waals surface area contributed by atoms with Gasteiger partial charge in [-0.25, -0.2) is 4.79 Å². The third kappa shape index (κ3) is 3.79. The van der Waals surface area contributed by atoms with Crippen LogP contribution in [0.1, 0.15) is 13.8 Å². The molecule has 1 heterocycles. The topological polar surface area (TPSA) is 61.9 Å². The second-order valence-electron chi connectivity index (χ2n) is 6.08. The van der Waals surface area contributed by atoms with Gasteiger partial charge in [-0.2, -0.15) is 0 Å². The van der Waals surface area contributed by atoms with E-state index in [1.807, 2.05) is 61.5 Å². The van der Waals surface area contributed by atoms with E-state index in [2.05, 4.69) is 5.32 Å². The Balaban J connectivity index is 1.67. The fourth-order valence-corrected chi connectivity index (χ4v) is 3.01. The zero-order chi connectivity index (χ0) is 18.5. The molecule has 0 spiro atoms. The summed E-state index contributed by atoms with van der Waals surface area (Å²) in [4.78, 5) is 28.6. The SMILES string of the molecule is CCOc1ccc(N2CCN(C(=O)Nc3ccccc3)[C@@H](C)C2=O)cc1. The molecule has 6 nitrogen and oxygen atoms in total. The molecular weight excluding hydrogens is 330 g/mol. The molecule has 2 aromatic carbocycles. The normalized spacial score (nSPS) is 17.2. The maximum atomic E-state index is 12.8. The average molecular weight is 353 g/mol. The highest BCUT2D eigenvalue weighted by atomic mass is 16.5. The van der Waals surface area contributed by atoms with Crippen LogP contribution in [0.3, 0.4) is 0 Å². The first-order chi connectivity index (χ1) is 12.6. The summed E-state index contributed by atoms with van der Waals surface area (Å²) in [7, 11) is 0. The summed E-state index contributed by atoms with van der Waals surface area (Å²) in [5, 5.41) is 2.84. The van der Waals surface area contributed by atoms with Crippen LogP contribution in [0.4, 0.5) is 16.2 Å². The molecule has 1 aliphatic heterocycles. The van der Waals surface area contributed by atoms with Gasteiger partial charge in [-0.15, -0.1) is 0 Å². The number of anilines is 2. The van der Waals surface area contributed by atoms with E-state index in [0.717, 1.165) is 11.4 Å². The zero-order valence-corrected chi connectivity index (χ0v) is 15.0. The third-order valence-electron chi connectivity index (χ3n) is 4.40. The maximum Gasteiger partial charge on any atom is 0.322 e. The molecule has 0 saturated carbocycles. The highest BCUT2D eigenvalue weighted by Crippen LogP contribution is 2.23. The van der Waals surface area contributed by atoms with E-state index >= 15 is 0 Å². The Hall–Kier alpha value is -3.02. The molecule has 26 heavy (non-hydrogen) atoms. The third-order valence-corrected chi connectivity index (χ3v) is 4.40. The van der Waals surface area contributed by atoms with Gasteiger partial charge in [-0.1, -0.05) is 18.2 Å². The van der Waals surface area contributed by atoms with Gasteiger partial charge in [0.25, 0.3) is 0 Å². The number of urea groups is 1. The van der Waals surface area contributed by atoms with Crippen molar-refractivity contribution in [3.05, 3.63) is 54.6 Å². The predicted molar refractivity (Wildman–Crippen MR) is 102 cm³/mol. The first-order valence-corrected chi connectivity index (χ1v) is 8.77. The molecule has 136 valence electrons. The fraction of sp³-hybridized carbons (Fsp3) is 0.300. The van der Waals surface area contributed by atoms with Gasteiger partial charge >= 0.3 is 6.03 Å². The molecule has 0 aromatic heterocycles. The lowest BCUT2D eigenvalue weighted by Crippen LogP contribution is -2.58. The highest BCUT2D eigenvalue weighted by molar-refractivity contribution is 6.01. The van der Waals surface area contributed by atoms with Crippen LogP contribution in [0.2, 0.25) is 0 Å². The molecule has 3 amide bonds. The van der Waals surface area contributed by atoms with E-state index < -0.39 is 6.04 Å². The van der Waals surface area contributed by atoms with Gasteiger partial charge in [0, 0.05) is 24.5 Å². The minimum atomic E-state index is -0.529. The Morgan fingerprint density at radius 2 is 1.81 bits per heavy atom. The van der Waals surface area contributed by atoms with Crippen LogP contribution in [0.15, 0.2) is 54.6 Å². The molecule has 1 fully saturated rings. The van der Waals surface area contributed by atoms with Crippen LogP contribution < -0.4 is 15.0 Å². The standard InChI is InChI=1S/C20H23N3O3/c1-3-26-18-11-9-17(10-12-18)23-14-13-22(15(2)19(23)24)20(25)21-16-7-5-4-6-8-16/h4-12,15H,3,13-14H2,1-2H3,(H,21,25)/t15-/m0/s1. The number of rotatable bonds is 4. The summed E-state index contributed by atoms with van der Waals surface area (Å²) in [5.41, 5.74) is 1.53. The molecule has 1 N–H and O–H groups in total. The summed E-state index contributed by atoms with van der Waals surface area (Å²) >= 11 is 0. The van der Waals surface area contributed by atoms with Crippen LogP contribution >= 0.6 is 0 Å². The first-order valence-electron chi connectivity index (χ1n) is 8.77. The van der Waals surface area contributed by atoms with E-state index in [0.29, 0.717) is 25.4 Å². The van der Waals surface area contributed by atoms with Crippen LogP contribution in [0.5, 0.6) is 5.75 Å². The zero-order valence-electron chi connectivity index (χ0n) is 15.0. The van der Waals surface area contributed by atoms with Crippen molar-refractivity contribution in [2.75, 3.05) is 29.9 Å². The number of amides is 3. The monoisotopic (exact) mass is 353 g/mol. The van der Waals surface area contributed by atoms with E-state index in [1.165, 1.54) is 0 Å². The van der Waals surface area contributed by atoms with Crippen molar-refractivity contribution >= 4 is 23.3 Å². The molecule has 1 saturated heterocycles. The van der Waals surface area contributed by atoms with Gasteiger partial charge in [-0.3, -0.25) is 4.79 Å². The first kappa shape index (κ1) is 17.8. The second kappa shape index (κ2) is 7.91. The van der Waals surface area contributed by atoms with Crippen molar-refractivity contribution < 1.29 is 14.3 Å². The van der Waals surface area contributed by atoms with Gasteiger partial charge in [0.15, 0.2) is 0 Å². The lowest BCUT2D eigenvalue weighted by molar-refractivity contribution is -0.123. The van der Waals surface area contributed by atoms with Crippen molar-refractivity contribution in [1.82, 2.24) is 4.90 Å². The Kier molecular flexibility index (Phi) is 5.41. The van der Waals surface area contributed by atoms with Gasteiger partial charge in [0.2, 0.25) is 5.91 Å². The quantitative estimate of drug-likeness (QED) is 0.917. The van der Waals surface area contributed by atoms with Gasteiger partial charge in [0.05, 0.1) is 6.61 Å². The fourth-order valence-electron chi connectivity index (χ4n) is 3.01. The molecule has 3 rings (SSSR count). The lowest BCUT2D eigenvalue weighted by atomic mass is 10.1. The number of benzene rings is 2. The lowest BCUT2D eigenvalue weighted by Gasteiger charge is -2.39. The van der Waals surface area contributed by atoms with Gasteiger partial charge in [-0.05, 0) is 50.2 Å². The van der Waals surface area contributed by atoms with Crippen LogP contribution in [-0.4, -0.2) is 42.6 Å². The number of para-hydroxylation sites is 1. The Morgan fingerprint density at radius 1 is 1.12 bits per heavy atom. The molecule has 0 radical (unpaired) electrons. The van der Waals surface area contributed by atoms with Crippen molar-refractivity contribution in [2.24, 2.45) is 0 Å². The summed E-state index contributed by atoms with van der Waals surface area (Å²) < 4.78 is 5.44. The number of ether oxygens (including phenoxy) is 1. The molecule has 1 aliphatic rings. The van der Waals surface area contributed by atoms with Crippen molar-refractivity contribution in [3.8, 4) is 5.75 Å². The van der Waals surface area contributed by atoms with Crippen LogP contribution in [0, 0.1) is 0 Å². The molecule has 2 aromatic rings. The molecule has 1 atom stereocenters. The minimum Gasteiger partial charge on any atom is -0.494 e. The Bertz CT molecular complexity index is 762. The van der Waals surface area contributed by atoms with Crippen molar-refractivity contribution in [1.29, 1.82) is 0 Å². The maximum absolute atomic E-state index is 12.8. The predicted octanol–water partition coefficient (Wildman–Crippen LogP) is 3.35. The molecule has 0 bridgehead atoms. The summed E-state index contributed by atoms with van der Waals surface area (Å²) in [5.74, 6) is 0.682. The summed E-state index contributed by atoms with van der Waals surface area (Å²) in [6, 6.07) is 15.9. The molecule has 0 aliphatic carbocycles. The van der Waals surface area contributed by atoms with E-state index in [4.69, 9.17) is 4.74 Å². The van der Waals surface area contributed by atoms with Gasteiger partial charge < -0.3 is 19.9 Å². The number of nitrogens with one attached hydrogen (secondary N) is 1. The van der Waals surface area contributed by atoms with Crippen molar-refractivity contribution in [3.63, 3.8) is 0 Å². The van der Waals surface area contributed by atoms with Crippen molar-refractivity contribution in [2.45, 2.75) is 19.9 Å². The largest absolute Gasteiger partial charge is 0.494 e. The van der Waals surface area contributed by atoms with E-state index in [-0.39, 0.29) is 11.9 Å². The number of nitrogens with zero attached hydrogens (tertiary/aromatic N) is 2. The molecule has 0 unspecified atom stereocenters. The van der Waals surface area contributed by atoms with E-state index in [1.54, 1.807) is 16.7 Å². The average Bonchev–Trinajstić information content (AvgIpc) is 2.66. The summed E-state index contributed by atoms with van der Waals surface area (Å²) in [6.07, 6.45) is 0. The second-order valence-corrected chi connectivity index (χ2v) is 6.08. The van der Waals surface area contributed by atoms with E-state index in [9.17, 15) is 9.59 Å². The number of hydrogen-bond acceptors (Lipinski definition) is 3. The summed E-state index contributed by atoms with van der Waals surface area (Å²) in [6.45, 7) is 5.22. The molecular formula is C20H23N3O3. The Labute approximate surface area is 153 Å². The molecule has 6 heteroatoms. The van der Waals surface area contributed by atoms with Crippen LogP contribution in [-0.2, 0) is 4.79 Å². The minimum absolute atomic E-state index is 0.0939. The smallest absolute Gasteiger partial charge is 0.322 e. The van der Waals surface area contributed by atoms with Crippen LogP contribution in [0.25, 0.3) is 0 Å². The Morgan fingerprint density at radius 3 is 2.46 bits per heavy atom. The van der Waals surface area contributed by atoms with Gasteiger partial charge in [0.1, 0.15) is 11.8 Å². The number of carbonyl (C=O) groups excluding carboxylic acids is 2. The number of piperazine rings is 1. The highest BCUT2D eigenvalue weighted by Gasteiger charge is 2.35.